The topological polar surface area (TPSA) is 93.7 Å². The maximum atomic E-state index is 12.3. The number of methoxy groups -OCH3 is 2. The number of carbonyl (C=O) groups excluding carboxylic acids is 1. The minimum absolute atomic E-state index is 0.189. The molecule has 0 aliphatic carbocycles. The lowest BCUT2D eigenvalue weighted by Gasteiger charge is -2.11. The van der Waals surface area contributed by atoms with E-state index in [0.717, 1.165) is 16.2 Å². The number of hydrogen-bond donors (Lipinski definition) is 2. The number of rotatable bonds is 9. The van der Waals surface area contributed by atoms with Gasteiger partial charge in [-0.1, -0.05) is 6.07 Å². The smallest absolute Gasteiger partial charge is 0.271 e. The molecule has 0 aliphatic heterocycles. The third kappa shape index (κ3) is 5.68. The molecule has 0 spiro atoms. The van der Waals surface area contributed by atoms with Crippen molar-refractivity contribution in [1.82, 2.24) is 0 Å². The van der Waals surface area contributed by atoms with E-state index in [0.29, 0.717) is 22.9 Å². The molecule has 2 aromatic carbocycles. The average molecular weight is 465 g/mol. The standard InChI is InChI=1S/C20H20N2O5S3/c1-26-15-7-10-17(18(12-15)27-2)21-19(23)13-29-16-8-5-14(6-9-16)22-30(24,25)20-4-3-11-28-20/h3-12,22H,13H2,1-2H3,(H,21,23). The second-order valence-electron chi connectivity index (χ2n) is 5.97. The van der Waals surface area contributed by atoms with Crippen LogP contribution < -0.4 is 19.5 Å². The van der Waals surface area contributed by atoms with Crippen LogP contribution in [0.2, 0.25) is 0 Å². The fourth-order valence-corrected chi connectivity index (χ4v) is 5.23. The number of sulfonamides is 1. The molecule has 2 N–H and O–H groups in total. The molecule has 1 amide bonds. The lowest BCUT2D eigenvalue weighted by atomic mass is 10.2. The van der Waals surface area contributed by atoms with Crippen molar-refractivity contribution in [2.45, 2.75) is 9.10 Å². The fourth-order valence-electron chi connectivity index (χ4n) is 2.48. The van der Waals surface area contributed by atoms with Crippen molar-refractivity contribution in [2.75, 3.05) is 30.0 Å². The van der Waals surface area contributed by atoms with Crippen LogP contribution in [0.1, 0.15) is 0 Å². The SMILES string of the molecule is COc1ccc(NC(=O)CSc2ccc(NS(=O)(=O)c3cccs3)cc2)c(OC)c1. The minimum atomic E-state index is -3.58. The van der Waals surface area contributed by atoms with Gasteiger partial charge in [-0.15, -0.1) is 23.1 Å². The highest BCUT2D eigenvalue weighted by Gasteiger charge is 2.15. The first kappa shape index (κ1) is 22.0. The van der Waals surface area contributed by atoms with Crippen molar-refractivity contribution in [2.24, 2.45) is 0 Å². The Morgan fingerprint density at radius 2 is 1.83 bits per heavy atom. The molecule has 10 heteroatoms. The average Bonchev–Trinajstić information content (AvgIpc) is 3.29. The number of hydrogen-bond acceptors (Lipinski definition) is 7. The van der Waals surface area contributed by atoms with Crippen molar-refractivity contribution in [1.29, 1.82) is 0 Å². The third-order valence-electron chi connectivity index (χ3n) is 3.92. The minimum Gasteiger partial charge on any atom is -0.497 e. The zero-order valence-corrected chi connectivity index (χ0v) is 18.7. The van der Waals surface area contributed by atoms with Crippen molar-refractivity contribution < 1.29 is 22.7 Å². The van der Waals surface area contributed by atoms with Gasteiger partial charge in [0, 0.05) is 16.6 Å². The highest BCUT2D eigenvalue weighted by atomic mass is 32.2. The van der Waals surface area contributed by atoms with E-state index in [1.807, 2.05) is 0 Å². The number of nitrogens with one attached hydrogen (secondary N) is 2. The van der Waals surface area contributed by atoms with Gasteiger partial charge in [0.15, 0.2) is 0 Å². The summed E-state index contributed by atoms with van der Waals surface area (Å²) in [7, 11) is -0.499. The molecule has 0 unspecified atom stereocenters. The van der Waals surface area contributed by atoms with Crippen LogP contribution in [0.15, 0.2) is 69.1 Å². The Labute approximate surface area is 183 Å². The predicted molar refractivity (Wildman–Crippen MR) is 120 cm³/mol. The van der Waals surface area contributed by atoms with Crippen LogP contribution in [0, 0.1) is 0 Å². The zero-order chi connectivity index (χ0) is 21.6. The summed E-state index contributed by atoms with van der Waals surface area (Å²) in [6.45, 7) is 0. The Hall–Kier alpha value is -2.69. The number of amides is 1. The molecule has 0 saturated carbocycles. The Morgan fingerprint density at radius 3 is 2.47 bits per heavy atom. The largest absolute Gasteiger partial charge is 0.497 e. The molecule has 3 rings (SSSR count). The van der Waals surface area contributed by atoms with Crippen molar-refractivity contribution >= 4 is 50.4 Å². The van der Waals surface area contributed by atoms with Gasteiger partial charge in [0.05, 0.1) is 25.7 Å². The van der Waals surface area contributed by atoms with Crippen LogP contribution in [-0.4, -0.2) is 34.3 Å². The fraction of sp³-hybridized carbons (Fsp3) is 0.150. The maximum absolute atomic E-state index is 12.3. The van der Waals surface area contributed by atoms with Gasteiger partial charge in [-0.3, -0.25) is 9.52 Å². The van der Waals surface area contributed by atoms with Crippen LogP contribution >= 0.6 is 23.1 Å². The van der Waals surface area contributed by atoms with Gasteiger partial charge in [-0.2, -0.15) is 0 Å². The second-order valence-corrected chi connectivity index (χ2v) is 9.87. The number of carbonyl (C=O) groups is 1. The molecular formula is C20H20N2O5S3. The van der Waals surface area contributed by atoms with E-state index >= 15 is 0 Å². The molecule has 3 aromatic rings. The number of thiophene rings is 1. The Balaban J connectivity index is 1.55. The maximum Gasteiger partial charge on any atom is 0.271 e. The van der Waals surface area contributed by atoms with Gasteiger partial charge in [-0.25, -0.2) is 8.42 Å². The highest BCUT2D eigenvalue weighted by Crippen LogP contribution is 2.29. The zero-order valence-electron chi connectivity index (χ0n) is 16.2. The van der Waals surface area contributed by atoms with E-state index in [1.54, 1.807) is 67.1 Å². The summed E-state index contributed by atoms with van der Waals surface area (Å²) in [5.74, 6) is 1.14. The summed E-state index contributed by atoms with van der Waals surface area (Å²) in [4.78, 5) is 13.1. The Kier molecular flexibility index (Phi) is 7.24. The van der Waals surface area contributed by atoms with E-state index in [4.69, 9.17) is 9.47 Å². The normalized spacial score (nSPS) is 11.0. The molecule has 0 radical (unpaired) electrons. The molecule has 158 valence electrons. The predicted octanol–water partition coefficient (Wildman–Crippen LogP) is 4.30. The second kappa shape index (κ2) is 9.88. The highest BCUT2D eigenvalue weighted by molar-refractivity contribution is 8.00. The quantitative estimate of drug-likeness (QED) is 0.459. The Morgan fingerprint density at radius 1 is 1.07 bits per heavy atom. The van der Waals surface area contributed by atoms with Crippen LogP contribution in [0.5, 0.6) is 11.5 Å². The van der Waals surface area contributed by atoms with Crippen LogP contribution in [0.4, 0.5) is 11.4 Å². The molecule has 0 fully saturated rings. The molecular weight excluding hydrogens is 444 g/mol. The van der Waals surface area contributed by atoms with Gasteiger partial charge in [0.25, 0.3) is 10.0 Å². The van der Waals surface area contributed by atoms with Gasteiger partial charge in [0.2, 0.25) is 5.91 Å². The summed E-state index contributed by atoms with van der Waals surface area (Å²) >= 11 is 2.49. The number of thioether (sulfide) groups is 1. The summed E-state index contributed by atoms with van der Waals surface area (Å²) in [6.07, 6.45) is 0. The molecule has 30 heavy (non-hydrogen) atoms. The van der Waals surface area contributed by atoms with E-state index in [1.165, 1.54) is 18.9 Å². The molecule has 0 atom stereocenters. The molecule has 1 heterocycles. The summed E-state index contributed by atoms with van der Waals surface area (Å²) < 4.78 is 37.7. The third-order valence-corrected chi connectivity index (χ3v) is 7.71. The van der Waals surface area contributed by atoms with Crippen molar-refractivity contribution in [3.63, 3.8) is 0 Å². The monoisotopic (exact) mass is 464 g/mol. The number of ether oxygens (including phenoxy) is 2. The summed E-state index contributed by atoms with van der Waals surface area (Å²) in [5, 5.41) is 4.52. The van der Waals surface area contributed by atoms with Gasteiger partial charge in [-0.05, 0) is 47.8 Å². The van der Waals surface area contributed by atoms with Crippen molar-refractivity contribution in [3.8, 4) is 11.5 Å². The Bertz CT molecular complexity index is 1100. The summed E-state index contributed by atoms with van der Waals surface area (Å²) in [6, 6.07) is 15.2. The molecule has 0 saturated heterocycles. The number of anilines is 2. The van der Waals surface area contributed by atoms with Crippen LogP contribution in [-0.2, 0) is 14.8 Å². The summed E-state index contributed by atoms with van der Waals surface area (Å²) in [5.41, 5.74) is 1.02. The molecule has 0 aliphatic rings. The molecule has 1 aromatic heterocycles. The first-order valence-corrected chi connectivity index (χ1v) is 12.1. The first-order chi connectivity index (χ1) is 14.4. The van der Waals surface area contributed by atoms with Gasteiger partial charge >= 0.3 is 0 Å². The lowest BCUT2D eigenvalue weighted by Crippen LogP contribution is -2.14. The van der Waals surface area contributed by atoms with Crippen LogP contribution in [0.3, 0.4) is 0 Å². The van der Waals surface area contributed by atoms with E-state index in [2.05, 4.69) is 10.0 Å². The van der Waals surface area contributed by atoms with Gasteiger partial charge < -0.3 is 14.8 Å². The van der Waals surface area contributed by atoms with E-state index in [-0.39, 0.29) is 15.9 Å². The van der Waals surface area contributed by atoms with E-state index < -0.39 is 10.0 Å². The lowest BCUT2D eigenvalue weighted by molar-refractivity contribution is -0.113. The molecule has 0 bridgehead atoms. The first-order valence-electron chi connectivity index (χ1n) is 8.72. The van der Waals surface area contributed by atoms with Crippen LogP contribution in [0.25, 0.3) is 0 Å². The van der Waals surface area contributed by atoms with E-state index in [9.17, 15) is 13.2 Å². The number of benzene rings is 2. The van der Waals surface area contributed by atoms with Crippen molar-refractivity contribution in [3.05, 3.63) is 60.0 Å². The van der Waals surface area contributed by atoms with Gasteiger partial charge in [0.1, 0.15) is 15.7 Å². The molecule has 7 nitrogen and oxygen atoms in total.